The summed E-state index contributed by atoms with van der Waals surface area (Å²) >= 11 is 3.32. The third-order valence-corrected chi connectivity index (χ3v) is 5.54. The van der Waals surface area contributed by atoms with E-state index in [9.17, 15) is 4.79 Å². The molecule has 4 rings (SSSR count). The van der Waals surface area contributed by atoms with Crippen LogP contribution in [-0.2, 0) is 4.74 Å². The number of morpholine rings is 1. The molecule has 0 atom stereocenters. The molecule has 2 fully saturated rings. The molecule has 2 aromatic heterocycles. The molecule has 0 unspecified atom stereocenters. The Balaban J connectivity index is 1.62. The minimum Gasteiger partial charge on any atom is -0.378 e. The topological polar surface area (TPSA) is 70.6 Å². The molecule has 2 saturated heterocycles. The number of carbonyl (C=O) groups excluding carboxylic acids is 1. The number of rotatable bonds is 4. The number of anilines is 3. The molecule has 0 aliphatic carbocycles. The molecule has 2 aromatic rings. The van der Waals surface area contributed by atoms with E-state index in [0.717, 1.165) is 56.2 Å². The maximum absolute atomic E-state index is 12.7. The molecule has 2 aliphatic rings. The third-order valence-electron chi connectivity index (χ3n) is 5.10. The molecule has 4 heterocycles. The summed E-state index contributed by atoms with van der Waals surface area (Å²) in [5, 5.41) is 3.01. The van der Waals surface area contributed by atoms with Crippen LogP contribution in [0.25, 0.3) is 0 Å². The van der Waals surface area contributed by atoms with Crippen LogP contribution in [0.4, 0.5) is 17.2 Å². The average Bonchev–Trinajstić information content (AvgIpc) is 2.75. The van der Waals surface area contributed by atoms with Gasteiger partial charge < -0.3 is 19.9 Å². The van der Waals surface area contributed by atoms with E-state index < -0.39 is 0 Å². The molecule has 1 N–H and O–H groups in total. The van der Waals surface area contributed by atoms with Gasteiger partial charge in [0.1, 0.15) is 16.1 Å². The van der Waals surface area contributed by atoms with Crippen molar-refractivity contribution in [3.8, 4) is 0 Å². The lowest BCUT2D eigenvalue weighted by atomic mass is 10.1. The molecule has 8 heteroatoms. The molecule has 0 radical (unpaired) electrons. The van der Waals surface area contributed by atoms with E-state index in [-0.39, 0.29) is 5.91 Å². The summed E-state index contributed by atoms with van der Waals surface area (Å²) in [7, 11) is 0. The number of halogens is 1. The average molecular weight is 446 g/mol. The quantitative estimate of drug-likeness (QED) is 0.727. The van der Waals surface area contributed by atoms with Crippen LogP contribution in [0, 0.1) is 0 Å². The Labute approximate surface area is 173 Å². The first-order valence-electron chi connectivity index (χ1n) is 9.72. The predicted molar refractivity (Wildman–Crippen MR) is 113 cm³/mol. The summed E-state index contributed by atoms with van der Waals surface area (Å²) in [6.45, 7) is 5.08. The fraction of sp³-hybridized carbons (Fsp3) is 0.450. The van der Waals surface area contributed by atoms with Gasteiger partial charge in [-0.25, -0.2) is 9.97 Å². The predicted octanol–water partition coefficient (Wildman–Crippen LogP) is 3.32. The zero-order valence-corrected chi connectivity index (χ0v) is 17.3. The second-order valence-electron chi connectivity index (χ2n) is 7.01. The molecule has 148 valence electrons. The first kappa shape index (κ1) is 19.1. The molecule has 0 spiro atoms. The van der Waals surface area contributed by atoms with Gasteiger partial charge in [-0.1, -0.05) is 6.07 Å². The Morgan fingerprint density at radius 3 is 2.61 bits per heavy atom. The fourth-order valence-electron chi connectivity index (χ4n) is 3.61. The molecule has 0 saturated carbocycles. The highest BCUT2D eigenvalue weighted by molar-refractivity contribution is 9.10. The largest absolute Gasteiger partial charge is 0.378 e. The number of amides is 1. The molecule has 1 amide bonds. The van der Waals surface area contributed by atoms with E-state index in [4.69, 9.17) is 4.74 Å². The Kier molecular flexibility index (Phi) is 6.07. The zero-order valence-electron chi connectivity index (χ0n) is 15.7. The summed E-state index contributed by atoms with van der Waals surface area (Å²) in [5.74, 6) is 0.697. The third kappa shape index (κ3) is 4.44. The maximum Gasteiger partial charge on any atom is 0.274 e. The van der Waals surface area contributed by atoms with Crippen LogP contribution < -0.4 is 15.1 Å². The summed E-state index contributed by atoms with van der Waals surface area (Å²) in [6, 6.07) is 7.41. The second-order valence-corrected chi connectivity index (χ2v) is 7.82. The summed E-state index contributed by atoms with van der Waals surface area (Å²) in [4.78, 5) is 26.2. The van der Waals surface area contributed by atoms with Gasteiger partial charge in [0, 0.05) is 32.2 Å². The fourth-order valence-corrected chi connectivity index (χ4v) is 3.96. The first-order chi connectivity index (χ1) is 13.7. The van der Waals surface area contributed by atoms with Crippen LogP contribution in [0.2, 0.25) is 0 Å². The highest BCUT2D eigenvalue weighted by Crippen LogP contribution is 2.32. The number of hydrogen-bond donors (Lipinski definition) is 1. The number of nitrogens with zero attached hydrogens (tertiary/aromatic N) is 4. The lowest BCUT2D eigenvalue weighted by Gasteiger charge is -2.33. The Morgan fingerprint density at radius 1 is 1.07 bits per heavy atom. The van der Waals surface area contributed by atoms with Gasteiger partial charge in [0.25, 0.3) is 5.91 Å². The van der Waals surface area contributed by atoms with Crippen molar-refractivity contribution < 1.29 is 9.53 Å². The van der Waals surface area contributed by atoms with Gasteiger partial charge in [-0.3, -0.25) is 4.79 Å². The number of carbonyl (C=O) groups is 1. The molecule has 7 nitrogen and oxygen atoms in total. The smallest absolute Gasteiger partial charge is 0.274 e. The summed E-state index contributed by atoms with van der Waals surface area (Å²) in [5.41, 5.74) is 2.13. The first-order valence-corrected chi connectivity index (χ1v) is 10.5. The molecular formula is C20H24BrN5O2. The highest BCUT2D eigenvalue weighted by Gasteiger charge is 2.21. The van der Waals surface area contributed by atoms with Crippen LogP contribution in [0.5, 0.6) is 0 Å². The standard InChI is InChI=1S/C20H24BrN5O2/c21-18-6-4-5-15(23-18)20(27)24-16-14-22-19(26-9-11-28-12-10-26)13-17(16)25-7-2-1-3-8-25/h4-6,13-14H,1-3,7-12H2,(H,24,27). The molecule has 0 aromatic carbocycles. The normalized spacial score (nSPS) is 17.5. The van der Waals surface area contributed by atoms with Crippen molar-refractivity contribution in [2.24, 2.45) is 0 Å². The monoisotopic (exact) mass is 445 g/mol. The van der Waals surface area contributed by atoms with E-state index in [1.807, 2.05) is 0 Å². The van der Waals surface area contributed by atoms with Gasteiger partial charge in [-0.05, 0) is 47.3 Å². The number of pyridine rings is 2. The van der Waals surface area contributed by atoms with Crippen LogP contribution in [0.1, 0.15) is 29.8 Å². The van der Waals surface area contributed by atoms with Gasteiger partial charge in [-0.2, -0.15) is 0 Å². The Bertz CT molecular complexity index is 835. The van der Waals surface area contributed by atoms with Crippen LogP contribution in [0.15, 0.2) is 35.1 Å². The Hall–Kier alpha value is -2.19. The van der Waals surface area contributed by atoms with Gasteiger partial charge in [0.15, 0.2) is 0 Å². The summed E-state index contributed by atoms with van der Waals surface area (Å²) in [6.07, 6.45) is 5.34. The number of aromatic nitrogens is 2. The lowest BCUT2D eigenvalue weighted by molar-refractivity contribution is 0.102. The van der Waals surface area contributed by atoms with Crippen molar-refractivity contribution in [3.63, 3.8) is 0 Å². The number of piperidine rings is 1. The van der Waals surface area contributed by atoms with Crippen LogP contribution in [0.3, 0.4) is 0 Å². The van der Waals surface area contributed by atoms with E-state index in [1.54, 1.807) is 24.4 Å². The number of nitrogens with one attached hydrogen (secondary N) is 1. The van der Waals surface area contributed by atoms with Crippen molar-refractivity contribution in [2.45, 2.75) is 19.3 Å². The van der Waals surface area contributed by atoms with E-state index in [2.05, 4.69) is 47.1 Å². The van der Waals surface area contributed by atoms with Gasteiger partial charge >= 0.3 is 0 Å². The van der Waals surface area contributed by atoms with E-state index in [1.165, 1.54) is 6.42 Å². The zero-order chi connectivity index (χ0) is 19.3. The number of hydrogen-bond acceptors (Lipinski definition) is 6. The van der Waals surface area contributed by atoms with Crippen molar-refractivity contribution in [1.29, 1.82) is 0 Å². The van der Waals surface area contributed by atoms with Crippen molar-refractivity contribution in [1.82, 2.24) is 9.97 Å². The molecule has 0 bridgehead atoms. The lowest BCUT2D eigenvalue weighted by Crippen LogP contribution is -2.37. The molecule has 2 aliphatic heterocycles. The van der Waals surface area contributed by atoms with E-state index in [0.29, 0.717) is 23.5 Å². The van der Waals surface area contributed by atoms with Crippen molar-refractivity contribution >= 4 is 39.0 Å². The van der Waals surface area contributed by atoms with Crippen molar-refractivity contribution in [2.75, 3.05) is 54.5 Å². The second kappa shape index (κ2) is 8.87. The minimum absolute atomic E-state index is 0.236. The van der Waals surface area contributed by atoms with Crippen molar-refractivity contribution in [3.05, 3.63) is 40.8 Å². The van der Waals surface area contributed by atoms with Gasteiger partial charge in [0.05, 0.1) is 30.8 Å². The molecular weight excluding hydrogens is 422 g/mol. The Morgan fingerprint density at radius 2 is 1.86 bits per heavy atom. The van der Waals surface area contributed by atoms with Gasteiger partial charge in [-0.15, -0.1) is 0 Å². The molecule has 28 heavy (non-hydrogen) atoms. The summed E-state index contributed by atoms with van der Waals surface area (Å²) < 4.78 is 6.09. The number of ether oxygens (including phenoxy) is 1. The maximum atomic E-state index is 12.7. The van der Waals surface area contributed by atoms with Crippen LogP contribution >= 0.6 is 15.9 Å². The van der Waals surface area contributed by atoms with E-state index >= 15 is 0 Å². The SMILES string of the molecule is O=C(Nc1cnc(N2CCOCC2)cc1N1CCCCC1)c1cccc(Br)n1. The van der Waals surface area contributed by atoms with Gasteiger partial charge in [0.2, 0.25) is 0 Å². The minimum atomic E-state index is -0.236. The van der Waals surface area contributed by atoms with Crippen LogP contribution in [-0.4, -0.2) is 55.3 Å². The highest BCUT2D eigenvalue weighted by atomic mass is 79.9.